The summed E-state index contributed by atoms with van der Waals surface area (Å²) in [6, 6.07) is 76.8. The summed E-state index contributed by atoms with van der Waals surface area (Å²) >= 11 is 1.74. The van der Waals surface area contributed by atoms with Crippen LogP contribution in [-0.2, 0) is 0 Å². The molecule has 0 amide bonds. The first kappa shape index (κ1) is 37.1. The van der Waals surface area contributed by atoms with Crippen molar-refractivity contribution in [1.29, 1.82) is 0 Å². The Hall–Kier alpha value is -8.52. The number of hydrogen-bond acceptors (Lipinski definition) is 5. The molecule has 0 aliphatic rings. The van der Waals surface area contributed by atoms with E-state index >= 15 is 0 Å². The highest BCUT2D eigenvalue weighted by Crippen LogP contribution is 2.44. The van der Waals surface area contributed by atoms with Crippen molar-refractivity contribution >= 4 is 65.2 Å². The number of fused-ring (bicyclic) bond motifs is 8. The maximum atomic E-state index is 5.40. The van der Waals surface area contributed by atoms with Gasteiger partial charge in [-0.25, -0.2) is 9.97 Å². The van der Waals surface area contributed by atoms with Crippen LogP contribution in [0.5, 0.6) is 0 Å². The lowest BCUT2D eigenvalue weighted by Gasteiger charge is -2.13. The molecule has 0 unspecified atom stereocenters. The molecule has 13 rings (SSSR count). The highest BCUT2D eigenvalue weighted by atomic mass is 32.1. The molecule has 13 aromatic rings. The molecule has 0 aliphatic heterocycles. The predicted molar refractivity (Wildman–Crippen MR) is 269 cm³/mol. The minimum Gasteiger partial charge on any atom is -0.306 e. The third-order valence-electron chi connectivity index (χ3n) is 12.4. The quantitative estimate of drug-likeness (QED) is 0.160. The van der Waals surface area contributed by atoms with Crippen molar-refractivity contribution in [3.05, 3.63) is 218 Å². The van der Waals surface area contributed by atoms with Gasteiger partial charge < -0.3 is 4.57 Å². The van der Waals surface area contributed by atoms with Gasteiger partial charge in [-0.1, -0.05) is 176 Å². The van der Waals surface area contributed by atoms with E-state index < -0.39 is 0 Å². The Morgan fingerprint density at radius 3 is 1.34 bits per heavy atom. The molecule has 0 fully saturated rings. The molecule has 0 atom stereocenters. The fourth-order valence-corrected chi connectivity index (χ4v) is 10.5. The molecule has 0 spiro atoms. The van der Waals surface area contributed by atoms with Crippen LogP contribution in [0.1, 0.15) is 0 Å². The van der Waals surface area contributed by atoms with Crippen molar-refractivity contribution in [2.45, 2.75) is 0 Å². The number of benzene rings is 9. The van der Waals surface area contributed by atoms with E-state index in [0.717, 1.165) is 92.3 Å². The summed E-state index contributed by atoms with van der Waals surface area (Å²) in [5.41, 5.74) is 13.8. The highest BCUT2D eigenvalue weighted by molar-refractivity contribution is 7.22. The van der Waals surface area contributed by atoms with Crippen LogP contribution in [-0.4, -0.2) is 29.1 Å². The van der Waals surface area contributed by atoms with Gasteiger partial charge in [0.2, 0.25) is 5.95 Å². The third-order valence-corrected chi connectivity index (χ3v) is 13.5. The molecule has 7 heteroatoms. The monoisotopic (exact) mass is 848 g/mol. The van der Waals surface area contributed by atoms with E-state index in [1.807, 2.05) is 36.4 Å². The second-order valence-corrected chi connectivity index (χ2v) is 17.3. The van der Waals surface area contributed by atoms with Crippen LogP contribution in [0.3, 0.4) is 0 Å². The topological polar surface area (TPSA) is 61.4 Å². The van der Waals surface area contributed by atoms with Crippen molar-refractivity contribution in [2.75, 3.05) is 0 Å². The molecule has 65 heavy (non-hydrogen) atoms. The van der Waals surface area contributed by atoms with Crippen molar-refractivity contribution < 1.29 is 0 Å². The van der Waals surface area contributed by atoms with E-state index in [1.165, 1.54) is 11.1 Å². The standard InChI is InChI=1S/C58H36N6S/c1-5-18-37(19-6-1)41-34-42(38-20-7-2-8-21-38)36-43(35-41)57-59-48-28-17-31-51(54(48)65-57)63-49-29-15-13-26-44(49)46-32-33-47-45-27-14-16-30-50(45)64(53(47)52(46)63)58-61-55(39-22-9-3-10-23-39)60-56(62-58)40-24-11-4-12-25-40/h1-36H. The van der Waals surface area contributed by atoms with Gasteiger partial charge in [-0.05, 0) is 64.7 Å². The lowest BCUT2D eigenvalue weighted by Crippen LogP contribution is -2.07. The minimum absolute atomic E-state index is 0.555. The molecule has 4 heterocycles. The zero-order valence-corrected chi connectivity index (χ0v) is 35.7. The van der Waals surface area contributed by atoms with Crippen molar-refractivity contribution in [1.82, 2.24) is 29.1 Å². The SMILES string of the molecule is c1ccc(-c2cc(-c3ccccc3)cc(-c3nc4cccc(-n5c6ccccc6c6ccc7c8ccccc8n(-c8nc(-c9ccccc9)nc(-c9ccccc9)n8)c7c65)c4s3)c2)cc1. The fraction of sp³-hybridized carbons (Fsp3) is 0. The average Bonchev–Trinajstić information content (AvgIpc) is 4.08. The largest absolute Gasteiger partial charge is 0.306 e. The Kier molecular flexibility index (Phi) is 8.60. The van der Waals surface area contributed by atoms with Crippen LogP contribution >= 0.6 is 11.3 Å². The van der Waals surface area contributed by atoms with Gasteiger partial charge in [0.15, 0.2) is 11.6 Å². The number of thiazole rings is 1. The molecule has 0 N–H and O–H groups in total. The maximum Gasteiger partial charge on any atom is 0.238 e. The maximum absolute atomic E-state index is 5.40. The smallest absolute Gasteiger partial charge is 0.238 e. The van der Waals surface area contributed by atoms with Crippen molar-refractivity contribution in [2.24, 2.45) is 0 Å². The van der Waals surface area contributed by atoms with Crippen molar-refractivity contribution in [3.63, 3.8) is 0 Å². The third kappa shape index (κ3) is 6.16. The summed E-state index contributed by atoms with van der Waals surface area (Å²) in [6.45, 7) is 0. The summed E-state index contributed by atoms with van der Waals surface area (Å²) in [7, 11) is 0. The normalized spacial score (nSPS) is 11.7. The molecule has 0 bridgehead atoms. The van der Waals surface area contributed by atoms with Gasteiger partial charge in [-0.15, -0.1) is 11.3 Å². The van der Waals surface area contributed by atoms with Gasteiger partial charge in [0, 0.05) is 38.2 Å². The van der Waals surface area contributed by atoms with Gasteiger partial charge in [-0.2, -0.15) is 9.97 Å². The Labute approximate surface area is 378 Å². The number of nitrogens with zero attached hydrogens (tertiary/aromatic N) is 6. The number of rotatable bonds is 7. The summed E-state index contributed by atoms with van der Waals surface area (Å²) in [5.74, 6) is 1.78. The van der Waals surface area contributed by atoms with Crippen LogP contribution < -0.4 is 0 Å². The van der Waals surface area contributed by atoms with Crippen LogP contribution in [0.25, 0.3) is 121 Å². The Bertz CT molecular complexity index is 3810. The number of aromatic nitrogens is 6. The molecule has 0 saturated carbocycles. The van der Waals surface area contributed by atoms with Gasteiger partial charge in [0.25, 0.3) is 0 Å². The summed E-state index contributed by atoms with van der Waals surface area (Å²) in [5, 5.41) is 5.51. The lowest BCUT2D eigenvalue weighted by molar-refractivity contribution is 0.953. The lowest BCUT2D eigenvalue weighted by atomic mass is 9.96. The van der Waals surface area contributed by atoms with E-state index in [9.17, 15) is 0 Å². The van der Waals surface area contributed by atoms with Crippen molar-refractivity contribution in [3.8, 4) is 67.2 Å². The fourth-order valence-electron chi connectivity index (χ4n) is 9.44. The van der Waals surface area contributed by atoms with E-state index in [0.29, 0.717) is 17.6 Å². The van der Waals surface area contributed by atoms with E-state index in [4.69, 9.17) is 19.9 Å². The van der Waals surface area contributed by atoms with Gasteiger partial charge in [0.05, 0.1) is 38.0 Å². The summed E-state index contributed by atoms with van der Waals surface area (Å²) < 4.78 is 5.80. The molecule has 0 radical (unpaired) electrons. The predicted octanol–water partition coefficient (Wildman–Crippen LogP) is 15.0. The second-order valence-electron chi connectivity index (χ2n) is 16.3. The molecule has 304 valence electrons. The van der Waals surface area contributed by atoms with Gasteiger partial charge in [-0.3, -0.25) is 4.57 Å². The first-order chi connectivity index (χ1) is 32.2. The summed E-state index contributed by atoms with van der Waals surface area (Å²) in [4.78, 5) is 21.1. The van der Waals surface area contributed by atoms with Crippen LogP contribution in [0.2, 0.25) is 0 Å². The first-order valence-corrected chi connectivity index (χ1v) is 22.5. The van der Waals surface area contributed by atoms with Crippen LogP contribution in [0, 0.1) is 0 Å². The summed E-state index contributed by atoms with van der Waals surface area (Å²) in [6.07, 6.45) is 0. The van der Waals surface area contributed by atoms with Crippen LogP contribution in [0.4, 0.5) is 0 Å². The minimum atomic E-state index is 0.555. The number of para-hydroxylation sites is 2. The van der Waals surface area contributed by atoms with Gasteiger partial charge >= 0.3 is 0 Å². The second kappa shape index (κ2) is 15.1. The molecule has 9 aromatic carbocycles. The van der Waals surface area contributed by atoms with E-state index in [-0.39, 0.29) is 0 Å². The van der Waals surface area contributed by atoms with Gasteiger partial charge in [0.1, 0.15) is 5.01 Å². The Balaban J connectivity index is 1.10. The molecular formula is C58H36N6S. The number of hydrogen-bond donors (Lipinski definition) is 0. The zero-order valence-electron chi connectivity index (χ0n) is 34.9. The Morgan fingerprint density at radius 1 is 0.323 bits per heavy atom. The van der Waals surface area contributed by atoms with E-state index in [1.54, 1.807) is 11.3 Å². The Morgan fingerprint density at radius 2 is 0.785 bits per heavy atom. The zero-order chi connectivity index (χ0) is 42.8. The highest BCUT2D eigenvalue weighted by Gasteiger charge is 2.25. The molecule has 4 aromatic heterocycles. The van der Waals surface area contributed by atoms with E-state index in [2.05, 4.69) is 191 Å². The average molecular weight is 849 g/mol. The first-order valence-electron chi connectivity index (χ1n) is 21.7. The molecule has 0 saturated heterocycles. The molecule has 6 nitrogen and oxygen atoms in total. The molecular weight excluding hydrogens is 813 g/mol. The molecule has 0 aliphatic carbocycles. The van der Waals surface area contributed by atoms with Crippen LogP contribution in [0.15, 0.2) is 218 Å².